The van der Waals surface area contributed by atoms with Gasteiger partial charge < -0.3 is 19.2 Å². The Balaban J connectivity index is 1.24. The van der Waals surface area contributed by atoms with Crippen LogP contribution < -0.4 is 19.2 Å². The summed E-state index contributed by atoms with van der Waals surface area (Å²) < 4.78 is 16.0. The molecule has 0 spiro atoms. The van der Waals surface area contributed by atoms with E-state index in [9.17, 15) is 19.2 Å². The van der Waals surface area contributed by atoms with Crippen molar-refractivity contribution in [1.29, 1.82) is 0 Å². The minimum Gasteiger partial charge on any atom is -0.497 e. The molecule has 41 heavy (non-hydrogen) atoms. The van der Waals surface area contributed by atoms with Crippen molar-refractivity contribution in [2.45, 2.75) is 29.5 Å². The Kier molecular flexibility index (Phi) is 6.46. The molecule has 1 saturated heterocycles. The van der Waals surface area contributed by atoms with Crippen LogP contribution in [0, 0.1) is 29.6 Å². The fourth-order valence-corrected chi connectivity index (χ4v) is 10.4. The van der Waals surface area contributed by atoms with Crippen LogP contribution in [0.4, 0.5) is 5.69 Å². The van der Waals surface area contributed by atoms with Crippen LogP contribution in [0.25, 0.3) is 0 Å². The Hall–Kier alpha value is -3.57. The van der Waals surface area contributed by atoms with Crippen LogP contribution in [0.1, 0.15) is 29.7 Å². The van der Waals surface area contributed by atoms with Crippen LogP contribution in [0.15, 0.2) is 58.4 Å². The van der Waals surface area contributed by atoms with E-state index in [1.54, 1.807) is 56.1 Å². The van der Waals surface area contributed by atoms with Gasteiger partial charge in [-0.05, 0) is 73.1 Å². The number of fused-ring (bicyclic) bond motifs is 9. The van der Waals surface area contributed by atoms with E-state index in [0.717, 1.165) is 21.9 Å². The standard InChI is InChI=1S/C30H28N2O7S2/c1-3-38-20(33)13-39-17-6-4-5-14(11-17)21-22-18-12-19(25(22)40-27-26(21)41-30(36)31-27)24-23(18)28(34)32(29(24)35)15-7-9-16(37-2)10-8-15/h4-11,18-19,21-25H,3,12-13H2,1-2H3,(H,31,36)/t18-,19-,21-,22?,23?,24?,25?/m1/s1. The van der Waals surface area contributed by atoms with Gasteiger partial charge in [-0.2, -0.15) is 0 Å². The Morgan fingerprint density at radius 2 is 1.78 bits per heavy atom. The normalized spacial score (nSPS) is 29.2. The predicted molar refractivity (Wildman–Crippen MR) is 153 cm³/mol. The van der Waals surface area contributed by atoms with Gasteiger partial charge in [0.1, 0.15) is 11.5 Å². The lowest BCUT2D eigenvalue weighted by Crippen LogP contribution is -2.42. The molecule has 0 radical (unpaired) electrons. The molecule has 1 aromatic heterocycles. The number of nitrogens with one attached hydrogen (secondary N) is 1. The SMILES string of the molecule is CCOC(=O)COc1cccc([C@H]2c3sc(=O)[nH]c3SC3C2[C@H]2C[C@@H]3C3C(=O)N(c4ccc(OC)cc4)C(=O)C32)c1. The summed E-state index contributed by atoms with van der Waals surface area (Å²) in [5.74, 6) is -0.313. The minimum atomic E-state index is -0.442. The number of imide groups is 1. The van der Waals surface area contributed by atoms with E-state index in [2.05, 4.69) is 4.98 Å². The Labute approximate surface area is 244 Å². The quantitative estimate of drug-likeness (QED) is 0.323. The molecule has 11 heteroatoms. The molecule has 1 N–H and O–H groups in total. The van der Waals surface area contributed by atoms with Crippen LogP contribution in [-0.4, -0.2) is 48.3 Å². The van der Waals surface area contributed by atoms with Crippen molar-refractivity contribution >= 4 is 46.6 Å². The lowest BCUT2D eigenvalue weighted by molar-refractivity contribution is -0.145. The average Bonchev–Trinajstić information content (AvgIpc) is 3.71. The molecule has 7 rings (SSSR count). The number of thioether (sulfide) groups is 1. The highest BCUT2D eigenvalue weighted by atomic mass is 32.2. The molecule has 3 fully saturated rings. The summed E-state index contributed by atoms with van der Waals surface area (Å²) in [5.41, 5.74) is 1.53. The monoisotopic (exact) mass is 592 g/mol. The van der Waals surface area contributed by atoms with E-state index in [1.165, 1.54) is 16.2 Å². The number of anilines is 1. The van der Waals surface area contributed by atoms with Gasteiger partial charge in [-0.15, -0.1) is 11.8 Å². The number of carbonyl (C=O) groups excluding carboxylic acids is 3. The molecule has 2 saturated carbocycles. The number of amides is 2. The molecule has 7 atom stereocenters. The number of methoxy groups -OCH3 is 1. The minimum absolute atomic E-state index is 0.00153. The third-order valence-electron chi connectivity index (χ3n) is 8.93. The molecule has 3 aromatic rings. The maximum Gasteiger partial charge on any atom is 0.344 e. The van der Waals surface area contributed by atoms with Gasteiger partial charge in [0.15, 0.2) is 6.61 Å². The molecule has 9 nitrogen and oxygen atoms in total. The van der Waals surface area contributed by atoms with Gasteiger partial charge in [0.2, 0.25) is 11.8 Å². The number of hydrogen-bond acceptors (Lipinski definition) is 9. The summed E-state index contributed by atoms with van der Waals surface area (Å²) in [6.45, 7) is 1.83. The maximum atomic E-state index is 13.9. The van der Waals surface area contributed by atoms with Crippen LogP contribution >= 0.6 is 23.1 Å². The van der Waals surface area contributed by atoms with Crippen molar-refractivity contribution in [3.05, 3.63) is 68.6 Å². The first-order valence-electron chi connectivity index (χ1n) is 13.7. The van der Waals surface area contributed by atoms with E-state index in [-0.39, 0.29) is 70.7 Å². The second kappa shape index (κ2) is 10.1. The summed E-state index contributed by atoms with van der Waals surface area (Å²) >= 11 is 2.86. The summed E-state index contributed by atoms with van der Waals surface area (Å²) in [6.07, 6.45) is 0.806. The number of ether oxygens (including phenoxy) is 3. The summed E-state index contributed by atoms with van der Waals surface area (Å²) in [5, 5.41) is 0.928. The third kappa shape index (κ3) is 4.12. The molecule has 212 valence electrons. The maximum absolute atomic E-state index is 13.9. The van der Waals surface area contributed by atoms with Gasteiger partial charge in [-0.25, -0.2) is 4.79 Å². The van der Waals surface area contributed by atoms with Gasteiger partial charge in [-0.1, -0.05) is 23.5 Å². The lowest BCUT2D eigenvalue weighted by Gasteiger charge is -2.43. The molecule has 2 aromatic carbocycles. The number of rotatable bonds is 7. The van der Waals surface area contributed by atoms with Crippen molar-refractivity contribution in [2.75, 3.05) is 25.2 Å². The first kappa shape index (κ1) is 26.3. The fraction of sp³-hybridized carbons (Fsp3) is 0.400. The third-order valence-corrected chi connectivity index (χ3v) is 11.5. The highest BCUT2D eigenvalue weighted by molar-refractivity contribution is 8.00. The Morgan fingerprint density at radius 3 is 2.51 bits per heavy atom. The second-order valence-electron chi connectivity index (χ2n) is 10.8. The van der Waals surface area contributed by atoms with Gasteiger partial charge in [0.05, 0.1) is 36.3 Å². The first-order chi connectivity index (χ1) is 19.9. The molecule has 2 aliphatic heterocycles. The van der Waals surface area contributed by atoms with Crippen LogP contribution in [0.3, 0.4) is 0 Å². The summed E-state index contributed by atoms with van der Waals surface area (Å²) in [4.78, 5) is 57.3. The number of thiazole rings is 1. The summed E-state index contributed by atoms with van der Waals surface area (Å²) in [7, 11) is 1.58. The van der Waals surface area contributed by atoms with Crippen molar-refractivity contribution in [1.82, 2.24) is 4.98 Å². The van der Waals surface area contributed by atoms with Gasteiger partial charge in [0, 0.05) is 16.0 Å². The number of aromatic nitrogens is 1. The largest absolute Gasteiger partial charge is 0.497 e. The molecular weight excluding hydrogens is 564 g/mol. The fourth-order valence-electron chi connectivity index (χ4n) is 7.52. The zero-order valence-corrected chi connectivity index (χ0v) is 24.0. The molecule has 2 aliphatic carbocycles. The second-order valence-corrected chi connectivity index (χ2v) is 13.0. The molecule has 4 aliphatic rings. The molecule has 2 amide bonds. The average molecular weight is 593 g/mol. The topological polar surface area (TPSA) is 115 Å². The van der Waals surface area contributed by atoms with Crippen molar-refractivity contribution < 1.29 is 28.6 Å². The highest BCUT2D eigenvalue weighted by Gasteiger charge is 2.69. The number of nitrogens with zero attached hydrogens (tertiary/aromatic N) is 1. The van der Waals surface area contributed by atoms with E-state index in [4.69, 9.17) is 14.2 Å². The van der Waals surface area contributed by atoms with Crippen LogP contribution in [0.2, 0.25) is 0 Å². The molecular formula is C30H28N2O7S2. The number of carbonyl (C=O) groups is 3. The molecule has 4 unspecified atom stereocenters. The summed E-state index contributed by atoms with van der Waals surface area (Å²) in [6, 6.07) is 14.6. The van der Waals surface area contributed by atoms with E-state index < -0.39 is 5.97 Å². The first-order valence-corrected chi connectivity index (χ1v) is 15.4. The number of hydrogen-bond donors (Lipinski definition) is 1. The smallest absolute Gasteiger partial charge is 0.344 e. The Bertz CT molecular complexity index is 1600. The predicted octanol–water partition coefficient (Wildman–Crippen LogP) is 4.06. The van der Waals surface area contributed by atoms with E-state index in [1.807, 2.05) is 18.2 Å². The molecule has 3 heterocycles. The van der Waals surface area contributed by atoms with Gasteiger partial charge in [0.25, 0.3) is 0 Å². The van der Waals surface area contributed by atoms with Crippen molar-refractivity contribution in [3.8, 4) is 11.5 Å². The number of esters is 1. The van der Waals surface area contributed by atoms with Crippen LogP contribution in [0.5, 0.6) is 11.5 Å². The Morgan fingerprint density at radius 1 is 1.02 bits per heavy atom. The van der Waals surface area contributed by atoms with E-state index >= 15 is 0 Å². The number of benzene rings is 2. The highest BCUT2D eigenvalue weighted by Crippen LogP contribution is 2.68. The van der Waals surface area contributed by atoms with E-state index in [0.29, 0.717) is 17.2 Å². The zero-order valence-electron chi connectivity index (χ0n) is 22.4. The molecule has 2 bridgehead atoms. The van der Waals surface area contributed by atoms with Crippen molar-refractivity contribution in [3.63, 3.8) is 0 Å². The van der Waals surface area contributed by atoms with Gasteiger partial charge >= 0.3 is 10.8 Å². The van der Waals surface area contributed by atoms with Gasteiger partial charge in [-0.3, -0.25) is 19.3 Å². The zero-order chi connectivity index (χ0) is 28.4. The number of H-pyrrole nitrogens is 1. The lowest BCUT2D eigenvalue weighted by atomic mass is 9.68. The van der Waals surface area contributed by atoms with Crippen molar-refractivity contribution in [2.24, 2.45) is 29.6 Å². The van der Waals surface area contributed by atoms with Crippen LogP contribution in [-0.2, 0) is 19.1 Å². The number of aromatic amines is 1.